The van der Waals surface area contributed by atoms with E-state index >= 15 is 0 Å². The minimum absolute atomic E-state index is 0.122. The highest BCUT2D eigenvalue weighted by molar-refractivity contribution is 7.89. The van der Waals surface area contributed by atoms with Crippen LogP contribution in [0.1, 0.15) is 31.7 Å². The normalized spacial score (nSPS) is 11.6. The number of rotatable bonds is 9. The Bertz CT molecular complexity index is 1140. The van der Waals surface area contributed by atoms with Crippen LogP contribution in [0.3, 0.4) is 0 Å². The second-order valence-corrected chi connectivity index (χ2v) is 9.04. The highest BCUT2D eigenvalue weighted by Crippen LogP contribution is 2.20. The van der Waals surface area contributed by atoms with Gasteiger partial charge >= 0.3 is 0 Å². The Balaban J connectivity index is 1.59. The predicted molar refractivity (Wildman–Crippen MR) is 120 cm³/mol. The maximum atomic E-state index is 12.6. The summed E-state index contributed by atoms with van der Waals surface area (Å²) in [5.74, 6) is 1.18. The van der Waals surface area contributed by atoms with E-state index in [0.717, 1.165) is 17.0 Å². The molecular formula is C22H27N5O3S. The third-order valence-electron chi connectivity index (χ3n) is 4.91. The standard InChI is InChI=1S/C22H27N5O3S/c1-4-27(5-2)31(29,30)20-12-9-17(10-13-20)11-14-21(28)24-19-8-6-7-18(15-19)22-23-16(3)25-26-22/h6-10,12-13,15H,4-5,11,14H2,1-3H3,(H,24,28)(H,23,25,26). The van der Waals surface area contributed by atoms with E-state index < -0.39 is 10.0 Å². The van der Waals surface area contributed by atoms with E-state index in [1.807, 2.05) is 45.0 Å². The maximum absolute atomic E-state index is 12.6. The van der Waals surface area contributed by atoms with Crippen LogP contribution in [0, 0.1) is 6.92 Å². The molecule has 8 nitrogen and oxygen atoms in total. The van der Waals surface area contributed by atoms with E-state index in [1.165, 1.54) is 4.31 Å². The Morgan fingerprint density at radius 2 is 1.81 bits per heavy atom. The fourth-order valence-electron chi connectivity index (χ4n) is 3.23. The molecule has 0 aliphatic carbocycles. The lowest BCUT2D eigenvalue weighted by molar-refractivity contribution is -0.116. The number of carbonyl (C=O) groups is 1. The summed E-state index contributed by atoms with van der Waals surface area (Å²) < 4.78 is 26.5. The molecule has 2 aromatic carbocycles. The molecule has 164 valence electrons. The number of anilines is 1. The molecule has 0 unspecified atom stereocenters. The van der Waals surface area contributed by atoms with Crippen molar-refractivity contribution in [1.29, 1.82) is 0 Å². The number of H-pyrrole nitrogens is 1. The number of benzene rings is 2. The van der Waals surface area contributed by atoms with Crippen LogP contribution in [0.2, 0.25) is 0 Å². The molecule has 0 spiro atoms. The molecule has 0 saturated heterocycles. The number of sulfonamides is 1. The Labute approximate surface area is 182 Å². The highest BCUT2D eigenvalue weighted by atomic mass is 32.2. The Morgan fingerprint density at radius 1 is 1.10 bits per heavy atom. The molecule has 9 heteroatoms. The van der Waals surface area contributed by atoms with Crippen LogP contribution in [0.15, 0.2) is 53.4 Å². The van der Waals surface area contributed by atoms with E-state index in [-0.39, 0.29) is 17.2 Å². The molecule has 1 amide bonds. The Hall–Kier alpha value is -3.04. The molecule has 0 bridgehead atoms. The number of nitrogens with zero attached hydrogens (tertiary/aromatic N) is 3. The summed E-state index contributed by atoms with van der Waals surface area (Å²) in [5.41, 5.74) is 2.39. The van der Waals surface area contributed by atoms with Gasteiger partial charge in [0, 0.05) is 30.8 Å². The first kappa shape index (κ1) is 22.6. The molecule has 0 radical (unpaired) electrons. The van der Waals surface area contributed by atoms with Crippen molar-refractivity contribution in [3.05, 3.63) is 59.9 Å². The Morgan fingerprint density at radius 3 is 2.42 bits per heavy atom. The number of amides is 1. The topological polar surface area (TPSA) is 108 Å². The van der Waals surface area contributed by atoms with E-state index in [0.29, 0.717) is 31.0 Å². The van der Waals surface area contributed by atoms with Crippen LogP contribution in [-0.2, 0) is 21.2 Å². The van der Waals surface area contributed by atoms with Gasteiger partial charge in [0.25, 0.3) is 0 Å². The zero-order valence-electron chi connectivity index (χ0n) is 17.9. The van der Waals surface area contributed by atoms with Crippen LogP contribution in [0.25, 0.3) is 11.4 Å². The van der Waals surface area contributed by atoms with Crippen molar-refractivity contribution in [3.8, 4) is 11.4 Å². The largest absolute Gasteiger partial charge is 0.326 e. The van der Waals surface area contributed by atoms with Gasteiger partial charge in [-0.2, -0.15) is 9.40 Å². The molecule has 3 rings (SSSR count). The monoisotopic (exact) mass is 441 g/mol. The van der Waals surface area contributed by atoms with E-state index in [9.17, 15) is 13.2 Å². The lowest BCUT2D eigenvalue weighted by atomic mass is 10.1. The van der Waals surface area contributed by atoms with Gasteiger partial charge < -0.3 is 5.32 Å². The molecule has 3 aromatic rings. The number of nitrogens with one attached hydrogen (secondary N) is 2. The van der Waals surface area contributed by atoms with Crippen molar-refractivity contribution in [2.45, 2.75) is 38.5 Å². The van der Waals surface area contributed by atoms with Crippen LogP contribution in [-0.4, -0.2) is 46.9 Å². The molecule has 0 fully saturated rings. The molecule has 1 heterocycles. The van der Waals surface area contributed by atoms with Crippen molar-refractivity contribution in [3.63, 3.8) is 0 Å². The Kier molecular flexibility index (Phi) is 7.19. The average molecular weight is 442 g/mol. The maximum Gasteiger partial charge on any atom is 0.243 e. The third kappa shape index (κ3) is 5.56. The minimum Gasteiger partial charge on any atom is -0.326 e. The van der Waals surface area contributed by atoms with E-state index in [4.69, 9.17) is 0 Å². The summed E-state index contributed by atoms with van der Waals surface area (Å²) in [7, 11) is -3.47. The van der Waals surface area contributed by atoms with Crippen LogP contribution in [0.5, 0.6) is 0 Å². The number of hydrogen-bond acceptors (Lipinski definition) is 5. The van der Waals surface area contributed by atoms with Crippen molar-refractivity contribution >= 4 is 21.6 Å². The van der Waals surface area contributed by atoms with Gasteiger partial charge in [0.05, 0.1) is 4.90 Å². The first-order valence-electron chi connectivity index (χ1n) is 10.2. The molecule has 0 aliphatic heterocycles. The van der Waals surface area contributed by atoms with Crippen molar-refractivity contribution < 1.29 is 13.2 Å². The van der Waals surface area contributed by atoms with Gasteiger partial charge in [-0.25, -0.2) is 13.4 Å². The van der Waals surface area contributed by atoms with Gasteiger partial charge in [0.15, 0.2) is 5.82 Å². The van der Waals surface area contributed by atoms with Gasteiger partial charge in [0.1, 0.15) is 5.82 Å². The lowest BCUT2D eigenvalue weighted by Gasteiger charge is -2.18. The summed E-state index contributed by atoms with van der Waals surface area (Å²) >= 11 is 0. The molecule has 0 saturated carbocycles. The summed E-state index contributed by atoms with van der Waals surface area (Å²) in [4.78, 5) is 16.9. The number of aryl methyl sites for hydroxylation is 2. The summed E-state index contributed by atoms with van der Waals surface area (Å²) in [6, 6.07) is 14.1. The fourth-order valence-corrected chi connectivity index (χ4v) is 4.69. The second kappa shape index (κ2) is 9.84. The molecular weight excluding hydrogens is 414 g/mol. The third-order valence-corrected chi connectivity index (χ3v) is 6.97. The van der Waals surface area contributed by atoms with E-state index in [2.05, 4.69) is 20.5 Å². The smallest absolute Gasteiger partial charge is 0.243 e. The van der Waals surface area contributed by atoms with Crippen LogP contribution < -0.4 is 5.32 Å². The number of carbonyl (C=O) groups excluding carboxylic acids is 1. The first-order chi connectivity index (χ1) is 14.8. The van der Waals surface area contributed by atoms with Gasteiger partial charge in [-0.15, -0.1) is 0 Å². The highest BCUT2D eigenvalue weighted by Gasteiger charge is 2.21. The molecule has 2 N–H and O–H groups in total. The number of hydrogen-bond donors (Lipinski definition) is 2. The van der Waals surface area contributed by atoms with Crippen molar-refractivity contribution in [1.82, 2.24) is 19.5 Å². The number of aromatic amines is 1. The van der Waals surface area contributed by atoms with Crippen LogP contribution >= 0.6 is 0 Å². The minimum atomic E-state index is -3.47. The van der Waals surface area contributed by atoms with Gasteiger partial charge in [0.2, 0.25) is 15.9 Å². The second-order valence-electron chi connectivity index (χ2n) is 7.11. The predicted octanol–water partition coefficient (Wildman–Crippen LogP) is 3.38. The average Bonchev–Trinajstić information content (AvgIpc) is 3.20. The zero-order chi connectivity index (χ0) is 22.4. The summed E-state index contributed by atoms with van der Waals surface area (Å²) in [6.45, 7) is 6.31. The number of aromatic nitrogens is 3. The van der Waals surface area contributed by atoms with Crippen molar-refractivity contribution in [2.24, 2.45) is 0 Å². The van der Waals surface area contributed by atoms with Crippen molar-refractivity contribution in [2.75, 3.05) is 18.4 Å². The van der Waals surface area contributed by atoms with Gasteiger partial charge in [-0.3, -0.25) is 9.89 Å². The van der Waals surface area contributed by atoms with Gasteiger partial charge in [-0.1, -0.05) is 38.1 Å². The first-order valence-corrected chi connectivity index (χ1v) is 11.7. The summed E-state index contributed by atoms with van der Waals surface area (Å²) in [6.07, 6.45) is 0.795. The quantitative estimate of drug-likeness (QED) is 0.529. The molecule has 0 atom stereocenters. The molecule has 0 aliphatic rings. The lowest BCUT2D eigenvalue weighted by Crippen LogP contribution is -2.30. The fraction of sp³-hybridized carbons (Fsp3) is 0.318. The SMILES string of the molecule is CCN(CC)S(=O)(=O)c1ccc(CCC(=O)Nc2cccc(-c3n[nH]c(C)n3)c2)cc1. The van der Waals surface area contributed by atoms with Crippen LogP contribution in [0.4, 0.5) is 5.69 Å². The molecule has 31 heavy (non-hydrogen) atoms. The van der Waals surface area contributed by atoms with Gasteiger partial charge in [-0.05, 0) is 43.2 Å². The van der Waals surface area contributed by atoms with E-state index in [1.54, 1.807) is 24.3 Å². The summed E-state index contributed by atoms with van der Waals surface area (Å²) in [5, 5.41) is 9.82. The molecule has 1 aromatic heterocycles. The zero-order valence-corrected chi connectivity index (χ0v) is 18.7.